The fourth-order valence-corrected chi connectivity index (χ4v) is 2.46. The Balaban J connectivity index is 2.21. The largest absolute Gasteiger partial charge is 0.507 e. The molecule has 0 saturated carbocycles. The van der Waals surface area contributed by atoms with E-state index in [9.17, 15) is 23.1 Å². The number of phenols is 1. The van der Waals surface area contributed by atoms with Gasteiger partial charge in [0.15, 0.2) is 5.69 Å². The number of aromatic hydroxyl groups is 1. The summed E-state index contributed by atoms with van der Waals surface area (Å²) in [6.07, 6.45) is -4.63. The average molecular weight is 362 g/mol. The standard InChI is InChI=1S/C18H13F3N2O3/c1-26-17(25)13-9-12(7-8-15(13)24)23-14(11-5-3-2-4-6-11)10-16(22-23)18(19,20)21/h2-10,24H,1H3. The number of carbonyl (C=O) groups excluding carboxylic acids is 1. The van der Waals surface area contributed by atoms with Gasteiger partial charge in [0.25, 0.3) is 0 Å². The molecular formula is C18H13F3N2O3. The molecule has 0 aliphatic heterocycles. The molecule has 0 aliphatic rings. The van der Waals surface area contributed by atoms with E-state index in [-0.39, 0.29) is 22.7 Å². The summed E-state index contributed by atoms with van der Waals surface area (Å²) in [4.78, 5) is 11.7. The molecule has 0 atom stereocenters. The monoisotopic (exact) mass is 362 g/mol. The number of esters is 1. The van der Waals surface area contributed by atoms with Crippen LogP contribution in [-0.2, 0) is 10.9 Å². The van der Waals surface area contributed by atoms with Crippen molar-refractivity contribution >= 4 is 5.97 Å². The van der Waals surface area contributed by atoms with Gasteiger partial charge in [-0.3, -0.25) is 0 Å². The Labute approximate surface area is 146 Å². The predicted molar refractivity (Wildman–Crippen MR) is 87.0 cm³/mol. The number of rotatable bonds is 3. The maximum Gasteiger partial charge on any atom is 0.435 e. The van der Waals surface area contributed by atoms with Crippen molar-refractivity contribution in [3.05, 3.63) is 65.9 Å². The molecule has 0 fully saturated rings. The van der Waals surface area contributed by atoms with Crippen molar-refractivity contribution in [1.29, 1.82) is 0 Å². The van der Waals surface area contributed by atoms with Crippen LogP contribution >= 0.6 is 0 Å². The summed E-state index contributed by atoms with van der Waals surface area (Å²) in [7, 11) is 1.14. The van der Waals surface area contributed by atoms with Crippen LogP contribution in [-0.4, -0.2) is 28.0 Å². The minimum absolute atomic E-state index is 0.173. The molecule has 2 aromatic carbocycles. The predicted octanol–water partition coefficient (Wildman–Crippen LogP) is 4.05. The molecule has 3 rings (SSSR count). The lowest BCUT2D eigenvalue weighted by Gasteiger charge is -2.10. The van der Waals surface area contributed by atoms with Gasteiger partial charge in [0, 0.05) is 5.56 Å². The number of alkyl halides is 3. The number of hydrogen-bond donors (Lipinski definition) is 1. The first-order chi connectivity index (χ1) is 12.3. The van der Waals surface area contributed by atoms with Gasteiger partial charge in [0.2, 0.25) is 0 Å². The van der Waals surface area contributed by atoms with E-state index in [4.69, 9.17) is 0 Å². The van der Waals surface area contributed by atoms with E-state index in [1.807, 2.05) is 0 Å². The number of hydrogen-bond acceptors (Lipinski definition) is 4. The molecule has 8 heteroatoms. The zero-order chi connectivity index (χ0) is 18.9. The second kappa shape index (κ2) is 6.55. The fraction of sp³-hybridized carbons (Fsp3) is 0.111. The van der Waals surface area contributed by atoms with E-state index in [2.05, 4.69) is 9.84 Å². The highest BCUT2D eigenvalue weighted by atomic mass is 19.4. The third-order valence-corrected chi connectivity index (χ3v) is 3.70. The number of phenolic OH excluding ortho intramolecular Hbond substituents is 1. The summed E-state index contributed by atoms with van der Waals surface area (Å²) in [5.41, 5.74) is -0.350. The molecule has 0 radical (unpaired) electrons. The number of nitrogens with zero attached hydrogens (tertiary/aromatic N) is 2. The molecule has 26 heavy (non-hydrogen) atoms. The van der Waals surface area contributed by atoms with Crippen LogP contribution in [0, 0.1) is 0 Å². The minimum atomic E-state index is -4.63. The molecule has 134 valence electrons. The summed E-state index contributed by atoms with van der Waals surface area (Å²) >= 11 is 0. The van der Waals surface area contributed by atoms with Crippen molar-refractivity contribution in [2.45, 2.75) is 6.18 Å². The molecule has 0 spiro atoms. The number of carbonyl (C=O) groups is 1. The smallest absolute Gasteiger partial charge is 0.435 e. The van der Waals surface area contributed by atoms with E-state index in [0.29, 0.717) is 5.56 Å². The Morgan fingerprint density at radius 3 is 2.42 bits per heavy atom. The molecule has 1 N–H and O–H groups in total. The Hall–Kier alpha value is -3.29. The van der Waals surface area contributed by atoms with E-state index in [1.165, 1.54) is 18.2 Å². The summed E-state index contributed by atoms with van der Waals surface area (Å²) in [6.45, 7) is 0. The zero-order valence-electron chi connectivity index (χ0n) is 13.5. The van der Waals surface area contributed by atoms with Gasteiger partial charge in [-0.2, -0.15) is 18.3 Å². The molecule has 5 nitrogen and oxygen atoms in total. The van der Waals surface area contributed by atoms with Gasteiger partial charge in [0.05, 0.1) is 18.5 Å². The number of halogens is 3. The Kier molecular flexibility index (Phi) is 4.41. The molecule has 1 heterocycles. The van der Waals surface area contributed by atoms with Crippen molar-refractivity contribution in [2.24, 2.45) is 0 Å². The van der Waals surface area contributed by atoms with Crippen LogP contribution in [0.4, 0.5) is 13.2 Å². The van der Waals surface area contributed by atoms with Gasteiger partial charge in [-0.1, -0.05) is 30.3 Å². The molecule has 1 aromatic heterocycles. The van der Waals surface area contributed by atoms with Gasteiger partial charge >= 0.3 is 12.1 Å². The second-order valence-corrected chi connectivity index (χ2v) is 5.38. The quantitative estimate of drug-likeness (QED) is 0.714. The number of aromatic nitrogens is 2. The summed E-state index contributed by atoms with van der Waals surface area (Å²) in [6, 6.07) is 13.1. The highest BCUT2D eigenvalue weighted by molar-refractivity contribution is 5.93. The SMILES string of the molecule is COC(=O)c1cc(-n2nc(C(F)(F)F)cc2-c2ccccc2)ccc1O. The molecule has 0 saturated heterocycles. The van der Waals surface area contributed by atoms with Crippen LogP contribution in [0.2, 0.25) is 0 Å². The summed E-state index contributed by atoms with van der Waals surface area (Å²) in [5.74, 6) is -1.15. The lowest BCUT2D eigenvalue weighted by atomic mass is 10.1. The lowest BCUT2D eigenvalue weighted by molar-refractivity contribution is -0.141. The van der Waals surface area contributed by atoms with Gasteiger partial charge in [-0.15, -0.1) is 0 Å². The van der Waals surface area contributed by atoms with Crippen molar-refractivity contribution < 1.29 is 27.8 Å². The van der Waals surface area contributed by atoms with E-state index in [0.717, 1.165) is 17.9 Å². The fourth-order valence-electron chi connectivity index (χ4n) is 2.46. The van der Waals surface area contributed by atoms with Crippen LogP contribution < -0.4 is 0 Å². The minimum Gasteiger partial charge on any atom is -0.507 e. The van der Waals surface area contributed by atoms with Gasteiger partial charge < -0.3 is 9.84 Å². The second-order valence-electron chi connectivity index (χ2n) is 5.38. The van der Waals surface area contributed by atoms with Gasteiger partial charge in [-0.25, -0.2) is 9.48 Å². The molecule has 0 unspecified atom stereocenters. The normalized spacial score (nSPS) is 11.4. The van der Waals surface area contributed by atoms with E-state index in [1.54, 1.807) is 30.3 Å². The molecule has 0 amide bonds. The van der Waals surface area contributed by atoms with Crippen LogP contribution in [0.5, 0.6) is 5.75 Å². The summed E-state index contributed by atoms with van der Waals surface area (Å²) < 4.78 is 45.1. The Bertz CT molecular complexity index is 950. The number of benzene rings is 2. The van der Waals surface area contributed by atoms with Crippen molar-refractivity contribution in [3.63, 3.8) is 0 Å². The zero-order valence-corrected chi connectivity index (χ0v) is 13.5. The molecule has 0 aliphatic carbocycles. The first kappa shape index (κ1) is 17.5. The first-order valence-corrected chi connectivity index (χ1v) is 7.45. The summed E-state index contributed by atoms with van der Waals surface area (Å²) in [5, 5.41) is 13.4. The first-order valence-electron chi connectivity index (χ1n) is 7.45. The Morgan fingerprint density at radius 2 is 1.81 bits per heavy atom. The average Bonchev–Trinajstić information content (AvgIpc) is 3.08. The van der Waals surface area contributed by atoms with Crippen LogP contribution in [0.1, 0.15) is 16.1 Å². The highest BCUT2D eigenvalue weighted by Crippen LogP contribution is 2.33. The maximum atomic E-state index is 13.1. The third kappa shape index (κ3) is 3.26. The number of ether oxygens (including phenoxy) is 1. The molecule has 0 bridgehead atoms. The van der Waals surface area contributed by atoms with Crippen molar-refractivity contribution in [1.82, 2.24) is 9.78 Å². The van der Waals surface area contributed by atoms with Gasteiger partial charge in [0.1, 0.15) is 11.3 Å². The highest BCUT2D eigenvalue weighted by Gasteiger charge is 2.35. The van der Waals surface area contributed by atoms with Crippen LogP contribution in [0.15, 0.2) is 54.6 Å². The topological polar surface area (TPSA) is 64.4 Å². The van der Waals surface area contributed by atoms with E-state index < -0.39 is 17.8 Å². The number of methoxy groups -OCH3 is 1. The van der Waals surface area contributed by atoms with Crippen molar-refractivity contribution in [3.8, 4) is 22.7 Å². The lowest BCUT2D eigenvalue weighted by Crippen LogP contribution is -2.08. The van der Waals surface area contributed by atoms with Crippen molar-refractivity contribution in [2.75, 3.05) is 7.11 Å². The van der Waals surface area contributed by atoms with Crippen LogP contribution in [0.25, 0.3) is 16.9 Å². The molecular weight excluding hydrogens is 349 g/mol. The molecule has 3 aromatic rings. The Morgan fingerprint density at radius 1 is 1.12 bits per heavy atom. The third-order valence-electron chi connectivity index (χ3n) is 3.70. The maximum absolute atomic E-state index is 13.1. The van der Waals surface area contributed by atoms with E-state index >= 15 is 0 Å². The van der Waals surface area contributed by atoms with Crippen LogP contribution in [0.3, 0.4) is 0 Å². The van der Waals surface area contributed by atoms with Gasteiger partial charge in [-0.05, 0) is 24.3 Å².